The summed E-state index contributed by atoms with van der Waals surface area (Å²) in [6, 6.07) is 9.69. The van der Waals surface area contributed by atoms with Gasteiger partial charge in [-0.25, -0.2) is 0 Å². The van der Waals surface area contributed by atoms with E-state index >= 15 is 0 Å². The second-order valence-electron chi connectivity index (χ2n) is 4.83. The van der Waals surface area contributed by atoms with Gasteiger partial charge in [0.05, 0.1) is 12.1 Å². The van der Waals surface area contributed by atoms with Gasteiger partial charge in [-0.15, -0.1) is 0 Å². The van der Waals surface area contributed by atoms with Gasteiger partial charge < -0.3 is 10.8 Å². The molecule has 2 unspecified atom stereocenters. The van der Waals surface area contributed by atoms with Crippen molar-refractivity contribution in [1.29, 1.82) is 0 Å². The second kappa shape index (κ2) is 5.46. The summed E-state index contributed by atoms with van der Waals surface area (Å²) in [4.78, 5) is 0. The van der Waals surface area contributed by atoms with Gasteiger partial charge in [0.1, 0.15) is 0 Å². The Morgan fingerprint density at radius 2 is 1.69 bits per heavy atom. The third-order valence-corrected chi connectivity index (χ3v) is 3.69. The molecular formula is C14H21NO. The Kier molecular flexibility index (Phi) is 3.97. The second-order valence-corrected chi connectivity index (χ2v) is 4.83. The Bertz CT molecular complexity index is 306. The molecule has 0 saturated heterocycles. The van der Waals surface area contributed by atoms with E-state index in [1.54, 1.807) is 0 Å². The van der Waals surface area contributed by atoms with E-state index in [1.165, 1.54) is 19.3 Å². The molecular weight excluding hydrogens is 198 g/mol. The Labute approximate surface area is 97.5 Å². The summed E-state index contributed by atoms with van der Waals surface area (Å²) in [6.45, 7) is 0. The zero-order chi connectivity index (χ0) is 11.4. The van der Waals surface area contributed by atoms with Crippen LogP contribution in [0, 0.1) is 5.92 Å². The number of aliphatic hydroxyl groups excluding tert-OH is 1. The van der Waals surface area contributed by atoms with E-state index in [4.69, 9.17) is 5.73 Å². The van der Waals surface area contributed by atoms with E-state index in [9.17, 15) is 5.11 Å². The highest BCUT2D eigenvalue weighted by atomic mass is 16.3. The lowest BCUT2D eigenvalue weighted by molar-refractivity contribution is 0.0618. The third-order valence-electron chi connectivity index (χ3n) is 3.69. The standard InChI is InChI=1S/C14H21NO/c15-13(11-7-3-1-4-8-11)14(16)12-9-5-2-6-10-12/h1,3-4,7-8,12-14,16H,2,5-6,9-10,15H2. The molecule has 0 heterocycles. The fourth-order valence-electron chi connectivity index (χ4n) is 2.64. The van der Waals surface area contributed by atoms with Crippen LogP contribution in [0.5, 0.6) is 0 Å². The van der Waals surface area contributed by atoms with Gasteiger partial charge in [0.15, 0.2) is 0 Å². The van der Waals surface area contributed by atoms with Crippen LogP contribution in [0.4, 0.5) is 0 Å². The highest BCUT2D eigenvalue weighted by Gasteiger charge is 2.27. The number of hydrogen-bond acceptors (Lipinski definition) is 2. The maximum absolute atomic E-state index is 10.3. The van der Waals surface area contributed by atoms with Gasteiger partial charge in [0, 0.05) is 0 Å². The molecule has 0 bridgehead atoms. The normalized spacial score (nSPS) is 21.6. The van der Waals surface area contributed by atoms with Crippen LogP contribution in [0.1, 0.15) is 43.7 Å². The molecule has 0 aliphatic heterocycles. The van der Waals surface area contributed by atoms with Crippen molar-refractivity contribution < 1.29 is 5.11 Å². The summed E-state index contributed by atoms with van der Waals surface area (Å²) in [5.41, 5.74) is 7.16. The van der Waals surface area contributed by atoms with Gasteiger partial charge in [-0.05, 0) is 24.3 Å². The molecule has 16 heavy (non-hydrogen) atoms. The summed E-state index contributed by atoms with van der Waals surface area (Å²) in [6.07, 6.45) is 5.65. The van der Waals surface area contributed by atoms with Gasteiger partial charge in [-0.3, -0.25) is 0 Å². The van der Waals surface area contributed by atoms with Gasteiger partial charge in [-0.2, -0.15) is 0 Å². The minimum Gasteiger partial charge on any atom is -0.391 e. The molecule has 0 aromatic heterocycles. The first-order chi connectivity index (χ1) is 7.79. The lowest BCUT2D eigenvalue weighted by Crippen LogP contribution is -2.34. The molecule has 2 heteroatoms. The minimum absolute atomic E-state index is 0.232. The predicted octanol–water partition coefficient (Wildman–Crippen LogP) is 2.63. The largest absolute Gasteiger partial charge is 0.391 e. The molecule has 0 radical (unpaired) electrons. The topological polar surface area (TPSA) is 46.2 Å². The first-order valence-corrected chi connectivity index (χ1v) is 6.27. The van der Waals surface area contributed by atoms with Gasteiger partial charge in [-0.1, -0.05) is 49.6 Å². The van der Waals surface area contributed by atoms with Crippen molar-refractivity contribution in [3.8, 4) is 0 Å². The molecule has 1 aliphatic carbocycles. The maximum Gasteiger partial charge on any atom is 0.0760 e. The number of nitrogens with two attached hydrogens (primary N) is 1. The Morgan fingerprint density at radius 1 is 1.06 bits per heavy atom. The van der Waals surface area contributed by atoms with Crippen molar-refractivity contribution in [2.45, 2.75) is 44.2 Å². The monoisotopic (exact) mass is 219 g/mol. The molecule has 0 amide bonds. The first-order valence-electron chi connectivity index (χ1n) is 6.27. The van der Waals surface area contributed by atoms with Crippen LogP contribution in [0.25, 0.3) is 0 Å². The van der Waals surface area contributed by atoms with Gasteiger partial charge in [0.25, 0.3) is 0 Å². The summed E-state index contributed by atoms with van der Waals surface area (Å²) in [5.74, 6) is 0.393. The summed E-state index contributed by atoms with van der Waals surface area (Å²) < 4.78 is 0. The fourth-order valence-corrected chi connectivity index (χ4v) is 2.64. The van der Waals surface area contributed by atoms with E-state index in [2.05, 4.69) is 0 Å². The van der Waals surface area contributed by atoms with Crippen LogP contribution in [0.2, 0.25) is 0 Å². The quantitative estimate of drug-likeness (QED) is 0.821. The van der Waals surface area contributed by atoms with E-state index in [0.717, 1.165) is 18.4 Å². The lowest BCUT2D eigenvalue weighted by atomic mass is 9.81. The fraction of sp³-hybridized carbons (Fsp3) is 0.571. The third kappa shape index (κ3) is 2.63. The maximum atomic E-state index is 10.3. The van der Waals surface area contributed by atoms with E-state index < -0.39 is 0 Å². The van der Waals surface area contributed by atoms with Crippen molar-refractivity contribution in [2.75, 3.05) is 0 Å². The van der Waals surface area contributed by atoms with E-state index in [0.29, 0.717) is 5.92 Å². The lowest BCUT2D eigenvalue weighted by Gasteiger charge is -2.30. The van der Waals surface area contributed by atoms with Crippen LogP contribution in [-0.4, -0.2) is 11.2 Å². The molecule has 1 aliphatic rings. The molecule has 2 nitrogen and oxygen atoms in total. The number of aliphatic hydroxyl groups is 1. The van der Waals surface area contributed by atoms with Crippen molar-refractivity contribution in [3.63, 3.8) is 0 Å². The van der Waals surface area contributed by atoms with Crippen LogP contribution in [0.15, 0.2) is 30.3 Å². The van der Waals surface area contributed by atoms with E-state index in [-0.39, 0.29) is 12.1 Å². The predicted molar refractivity (Wildman–Crippen MR) is 66.0 cm³/mol. The van der Waals surface area contributed by atoms with Crippen LogP contribution >= 0.6 is 0 Å². The van der Waals surface area contributed by atoms with Crippen molar-refractivity contribution in [3.05, 3.63) is 35.9 Å². The van der Waals surface area contributed by atoms with Crippen LogP contribution < -0.4 is 5.73 Å². The van der Waals surface area contributed by atoms with Crippen molar-refractivity contribution in [1.82, 2.24) is 0 Å². The zero-order valence-electron chi connectivity index (χ0n) is 9.68. The highest BCUT2D eigenvalue weighted by molar-refractivity contribution is 5.19. The van der Waals surface area contributed by atoms with Crippen LogP contribution in [-0.2, 0) is 0 Å². The molecule has 2 atom stereocenters. The molecule has 1 aromatic rings. The molecule has 2 rings (SSSR count). The molecule has 1 aromatic carbocycles. The van der Waals surface area contributed by atoms with Crippen LogP contribution in [0.3, 0.4) is 0 Å². The average Bonchev–Trinajstić information content (AvgIpc) is 2.39. The van der Waals surface area contributed by atoms with Crippen molar-refractivity contribution >= 4 is 0 Å². The molecule has 1 saturated carbocycles. The summed E-state index contributed by atoms with van der Waals surface area (Å²) >= 11 is 0. The molecule has 1 fully saturated rings. The Hall–Kier alpha value is -0.860. The van der Waals surface area contributed by atoms with Crippen molar-refractivity contribution in [2.24, 2.45) is 11.7 Å². The average molecular weight is 219 g/mol. The summed E-state index contributed by atoms with van der Waals surface area (Å²) in [7, 11) is 0. The Balaban J connectivity index is 2.00. The SMILES string of the molecule is NC(c1ccccc1)C(O)C1CCCCC1. The number of hydrogen-bond donors (Lipinski definition) is 2. The molecule has 3 N–H and O–H groups in total. The number of rotatable bonds is 3. The number of benzene rings is 1. The summed E-state index contributed by atoms with van der Waals surface area (Å²) in [5, 5.41) is 10.3. The molecule has 88 valence electrons. The Morgan fingerprint density at radius 3 is 2.31 bits per heavy atom. The smallest absolute Gasteiger partial charge is 0.0760 e. The first kappa shape index (κ1) is 11.6. The molecule has 0 spiro atoms. The highest BCUT2D eigenvalue weighted by Crippen LogP contribution is 2.31. The van der Waals surface area contributed by atoms with E-state index in [1.807, 2.05) is 30.3 Å². The zero-order valence-corrected chi connectivity index (χ0v) is 9.68. The van der Waals surface area contributed by atoms with Gasteiger partial charge >= 0.3 is 0 Å². The minimum atomic E-state index is -0.386. The van der Waals surface area contributed by atoms with Gasteiger partial charge in [0.2, 0.25) is 0 Å².